The Morgan fingerprint density at radius 3 is 2.46 bits per heavy atom. The molecule has 0 saturated carbocycles. The number of benzene rings is 2. The summed E-state index contributed by atoms with van der Waals surface area (Å²) in [6, 6.07) is 12.6. The number of carbonyl (C=O) groups is 1. The van der Waals surface area contributed by atoms with Gasteiger partial charge in [0, 0.05) is 11.3 Å². The normalized spacial score (nSPS) is 10.4. The molecule has 2 rings (SSSR count). The highest BCUT2D eigenvalue weighted by atomic mass is 79.9. The first kappa shape index (κ1) is 22.0. The highest BCUT2D eigenvalue weighted by molar-refractivity contribution is 9.10. The smallest absolute Gasteiger partial charge is 0.255 e. The monoisotopic (exact) mass is 445 g/mol. The van der Waals surface area contributed by atoms with E-state index in [0.717, 1.165) is 28.0 Å². The first-order valence-electron chi connectivity index (χ1n) is 9.60. The first-order valence-corrected chi connectivity index (χ1v) is 10.4. The Hall–Kier alpha value is -2.27. The van der Waals surface area contributed by atoms with Crippen LogP contribution in [0.1, 0.15) is 49.9 Å². The quantitative estimate of drug-likeness (QED) is 0.312. The third-order valence-corrected chi connectivity index (χ3v) is 4.67. The van der Waals surface area contributed by atoms with Crippen molar-refractivity contribution in [3.8, 4) is 11.5 Å². The lowest BCUT2D eigenvalue weighted by molar-refractivity contribution is 0.102. The summed E-state index contributed by atoms with van der Waals surface area (Å²) in [5.74, 6) is 1.32. The van der Waals surface area contributed by atoms with Gasteiger partial charge in [0.2, 0.25) is 0 Å². The van der Waals surface area contributed by atoms with Gasteiger partial charge in [-0.15, -0.1) is 0 Å². The molecule has 0 atom stereocenters. The van der Waals surface area contributed by atoms with E-state index in [-0.39, 0.29) is 5.91 Å². The van der Waals surface area contributed by atoms with Crippen molar-refractivity contribution in [2.24, 2.45) is 0 Å². The van der Waals surface area contributed by atoms with E-state index in [1.807, 2.05) is 37.3 Å². The van der Waals surface area contributed by atoms with Crippen LogP contribution in [0.3, 0.4) is 0 Å². The van der Waals surface area contributed by atoms with Gasteiger partial charge in [-0.1, -0.05) is 32.8 Å². The Labute approximate surface area is 176 Å². The Morgan fingerprint density at radius 2 is 1.82 bits per heavy atom. The van der Waals surface area contributed by atoms with Gasteiger partial charge in [-0.3, -0.25) is 4.79 Å². The molecule has 1 N–H and O–H groups in total. The molecule has 0 aliphatic carbocycles. The zero-order chi connectivity index (χ0) is 20.4. The third kappa shape index (κ3) is 7.39. The molecular weight excluding hydrogens is 418 g/mol. The molecule has 0 saturated heterocycles. The molecule has 5 heteroatoms. The van der Waals surface area contributed by atoms with Crippen molar-refractivity contribution in [3.63, 3.8) is 0 Å². The van der Waals surface area contributed by atoms with Gasteiger partial charge in [0.15, 0.2) is 0 Å². The molecule has 1 amide bonds. The molecule has 0 unspecified atom stereocenters. The lowest BCUT2D eigenvalue weighted by Crippen LogP contribution is -2.12. The Kier molecular flexibility index (Phi) is 9.08. The fourth-order valence-electron chi connectivity index (χ4n) is 2.51. The van der Waals surface area contributed by atoms with Gasteiger partial charge in [-0.2, -0.15) is 0 Å². The Morgan fingerprint density at radius 1 is 1.07 bits per heavy atom. The summed E-state index contributed by atoms with van der Waals surface area (Å²) in [7, 11) is 0. The lowest BCUT2D eigenvalue weighted by atomic mass is 10.2. The van der Waals surface area contributed by atoms with Gasteiger partial charge in [0.25, 0.3) is 5.91 Å². The number of rotatable bonds is 11. The number of amides is 1. The number of halogens is 1. The molecule has 0 aliphatic heterocycles. The molecule has 2 aromatic rings. The fourth-order valence-corrected chi connectivity index (χ4v) is 3.01. The third-order valence-electron chi connectivity index (χ3n) is 4.05. The van der Waals surface area contributed by atoms with Gasteiger partial charge < -0.3 is 14.8 Å². The van der Waals surface area contributed by atoms with Gasteiger partial charge in [0.05, 0.1) is 11.1 Å². The topological polar surface area (TPSA) is 47.6 Å². The van der Waals surface area contributed by atoms with Crippen molar-refractivity contribution in [1.29, 1.82) is 0 Å². The lowest BCUT2D eigenvalue weighted by Gasteiger charge is -2.11. The highest BCUT2D eigenvalue weighted by Crippen LogP contribution is 2.27. The maximum absolute atomic E-state index is 12.5. The van der Waals surface area contributed by atoms with Crippen LogP contribution in [0.2, 0.25) is 0 Å². The van der Waals surface area contributed by atoms with Crippen molar-refractivity contribution in [3.05, 3.63) is 64.7 Å². The minimum Gasteiger partial charge on any atom is -0.492 e. The molecule has 28 heavy (non-hydrogen) atoms. The number of hydrogen-bond donors (Lipinski definition) is 1. The molecule has 0 bridgehead atoms. The van der Waals surface area contributed by atoms with E-state index in [1.165, 1.54) is 19.3 Å². The van der Waals surface area contributed by atoms with E-state index in [1.54, 1.807) is 12.1 Å². The molecule has 0 aliphatic rings. The van der Waals surface area contributed by atoms with E-state index in [9.17, 15) is 4.79 Å². The van der Waals surface area contributed by atoms with Crippen LogP contribution >= 0.6 is 15.9 Å². The van der Waals surface area contributed by atoms with Crippen LogP contribution < -0.4 is 14.8 Å². The number of unbranched alkanes of at least 4 members (excludes halogenated alkanes) is 3. The number of anilines is 1. The maximum Gasteiger partial charge on any atom is 0.255 e. The van der Waals surface area contributed by atoms with Gasteiger partial charge in [-0.25, -0.2) is 0 Å². The average molecular weight is 446 g/mol. The molecule has 2 aromatic carbocycles. The second-order valence-electron chi connectivity index (χ2n) is 6.78. The number of hydrogen-bond acceptors (Lipinski definition) is 3. The zero-order valence-electron chi connectivity index (χ0n) is 16.6. The van der Waals surface area contributed by atoms with Crippen molar-refractivity contribution in [1.82, 2.24) is 0 Å². The predicted octanol–water partition coefficient (Wildman–Crippen LogP) is 6.62. The summed E-state index contributed by atoms with van der Waals surface area (Å²) in [6.45, 7) is 9.07. The molecular formula is C23H28BrNO3. The minimum absolute atomic E-state index is 0.175. The van der Waals surface area contributed by atoms with Crippen LogP contribution in [0.4, 0.5) is 5.69 Å². The number of nitrogens with one attached hydrogen (secondary N) is 1. The zero-order valence-corrected chi connectivity index (χ0v) is 18.2. The second kappa shape index (κ2) is 11.5. The number of ether oxygens (including phenoxy) is 2. The van der Waals surface area contributed by atoms with Gasteiger partial charge in [-0.05, 0) is 77.3 Å². The van der Waals surface area contributed by atoms with Crippen LogP contribution in [-0.4, -0.2) is 19.1 Å². The summed E-state index contributed by atoms with van der Waals surface area (Å²) in [5, 5.41) is 2.89. The summed E-state index contributed by atoms with van der Waals surface area (Å²) in [5.41, 5.74) is 2.23. The fraction of sp³-hybridized carbons (Fsp3) is 0.348. The Balaban J connectivity index is 1.89. The summed E-state index contributed by atoms with van der Waals surface area (Å²) < 4.78 is 12.1. The average Bonchev–Trinajstić information content (AvgIpc) is 2.68. The summed E-state index contributed by atoms with van der Waals surface area (Å²) in [6.07, 6.45) is 4.64. The van der Waals surface area contributed by atoms with E-state index >= 15 is 0 Å². The van der Waals surface area contributed by atoms with E-state index < -0.39 is 0 Å². The van der Waals surface area contributed by atoms with Crippen molar-refractivity contribution in [2.75, 3.05) is 18.5 Å². The van der Waals surface area contributed by atoms with Crippen LogP contribution in [-0.2, 0) is 0 Å². The van der Waals surface area contributed by atoms with Gasteiger partial charge >= 0.3 is 0 Å². The van der Waals surface area contributed by atoms with E-state index in [4.69, 9.17) is 9.47 Å². The van der Waals surface area contributed by atoms with Crippen molar-refractivity contribution < 1.29 is 14.3 Å². The molecule has 0 radical (unpaired) electrons. The second-order valence-corrected chi connectivity index (χ2v) is 7.63. The summed E-state index contributed by atoms with van der Waals surface area (Å²) in [4.78, 5) is 12.5. The highest BCUT2D eigenvalue weighted by Gasteiger charge is 2.10. The van der Waals surface area contributed by atoms with Crippen molar-refractivity contribution in [2.45, 2.75) is 39.5 Å². The first-order chi connectivity index (χ1) is 13.5. The predicted molar refractivity (Wildman–Crippen MR) is 118 cm³/mol. The van der Waals surface area contributed by atoms with Gasteiger partial charge in [0.1, 0.15) is 18.1 Å². The Bertz CT molecular complexity index is 787. The van der Waals surface area contributed by atoms with E-state index in [2.05, 4.69) is 34.7 Å². The maximum atomic E-state index is 12.5. The van der Waals surface area contributed by atoms with Crippen LogP contribution in [0.15, 0.2) is 59.1 Å². The van der Waals surface area contributed by atoms with E-state index in [0.29, 0.717) is 24.5 Å². The number of carbonyl (C=O) groups excluding carboxylic acids is 1. The molecule has 0 spiro atoms. The van der Waals surface area contributed by atoms with Crippen LogP contribution in [0.25, 0.3) is 0 Å². The molecule has 4 nitrogen and oxygen atoms in total. The van der Waals surface area contributed by atoms with Crippen LogP contribution in [0, 0.1) is 0 Å². The molecule has 0 heterocycles. The largest absolute Gasteiger partial charge is 0.492 e. The molecule has 150 valence electrons. The van der Waals surface area contributed by atoms with Crippen LogP contribution in [0.5, 0.6) is 11.5 Å². The van der Waals surface area contributed by atoms with Crippen molar-refractivity contribution >= 4 is 27.5 Å². The standard InChI is InChI=1S/C23H28BrNO3/c1-4-5-6-7-14-27-22-13-8-18(15-21(22)24)23(26)25-19-9-11-20(12-10-19)28-16-17(2)3/h8-13,15H,2,4-7,14,16H2,1,3H3,(H,25,26). The summed E-state index contributed by atoms with van der Waals surface area (Å²) >= 11 is 3.49. The minimum atomic E-state index is -0.175. The molecule has 0 aromatic heterocycles. The molecule has 0 fully saturated rings. The SMILES string of the molecule is C=C(C)COc1ccc(NC(=O)c2ccc(OCCCCCC)c(Br)c2)cc1.